The zero-order valence-electron chi connectivity index (χ0n) is 36.8. The second kappa shape index (κ2) is 37.4. The van der Waals surface area contributed by atoms with E-state index in [0.29, 0.717) is 19.3 Å². The van der Waals surface area contributed by atoms with Crippen molar-refractivity contribution in [2.75, 3.05) is 13.2 Å². The van der Waals surface area contributed by atoms with Crippen LogP contribution >= 0.6 is 0 Å². The monoisotopic (exact) mass is 828 g/mol. The lowest BCUT2D eigenvalue weighted by atomic mass is 9.98. The van der Waals surface area contributed by atoms with E-state index >= 15 is 0 Å². The number of allylic oxidation sites excluding steroid dienone is 4. The van der Waals surface area contributed by atoms with Crippen molar-refractivity contribution in [2.24, 2.45) is 0 Å². The summed E-state index contributed by atoms with van der Waals surface area (Å²) in [6, 6.07) is -1.17. The minimum absolute atomic E-state index is 0.249. The lowest BCUT2D eigenvalue weighted by Gasteiger charge is -2.40. The highest BCUT2D eigenvalue weighted by Crippen LogP contribution is 2.23. The maximum Gasteiger partial charge on any atom is 0.249 e. The summed E-state index contributed by atoms with van der Waals surface area (Å²) in [6.45, 7) is 3.41. The number of nitrogens with one attached hydrogen (secondary N) is 1. The molecule has 1 fully saturated rings. The van der Waals surface area contributed by atoms with Gasteiger partial charge in [0.15, 0.2) is 6.29 Å². The normalized spacial score (nSPS) is 22.1. The predicted molar refractivity (Wildman–Crippen MR) is 233 cm³/mol. The Balaban J connectivity index is 2.46. The molecule has 9 unspecified atom stereocenters. The molecule has 1 heterocycles. The Morgan fingerprint density at radius 1 is 0.603 bits per heavy atom. The summed E-state index contributed by atoms with van der Waals surface area (Å²) >= 11 is 0. The predicted octanol–water partition coefficient (Wildman–Crippen LogP) is 7.84. The van der Waals surface area contributed by atoms with E-state index in [4.69, 9.17) is 9.47 Å². The molecule has 1 amide bonds. The first-order chi connectivity index (χ1) is 28.2. The number of carbonyl (C=O) groups is 1. The smallest absolute Gasteiger partial charge is 0.249 e. The molecule has 0 aromatic heterocycles. The Kier molecular flexibility index (Phi) is 35.2. The average Bonchev–Trinajstić information content (AvgIpc) is 3.22. The molecule has 0 aliphatic carbocycles. The highest BCUT2D eigenvalue weighted by molar-refractivity contribution is 5.80. The number of ether oxygens (including phenoxy) is 2. The molecule has 0 aromatic rings. The standard InChI is InChI=1S/C47H89NO10/c1-3-5-7-9-11-13-15-17-19-21-23-25-27-29-31-33-35-40(51)46(56)48-38(37-57-47-45(55)44(54)43(53)41(36-49)58-47)42(52)39(50)34-32-30-28-26-24-22-20-18-16-14-12-10-8-6-4-2/h11,13,17,19,38-45,47,49-55H,3-10,12,14-16,18,20-37H2,1-2H3,(H,48,56)/b13-11-,19-17-. The van der Waals surface area contributed by atoms with Crippen molar-refractivity contribution < 1.29 is 50.0 Å². The molecule has 9 atom stereocenters. The molecular formula is C47H89NO10. The van der Waals surface area contributed by atoms with Gasteiger partial charge >= 0.3 is 0 Å². The molecule has 11 heteroatoms. The second-order valence-electron chi connectivity index (χ2n) is 16.8. The third kappa shape index (κ3) is 26.7. The maximum atomic E-state index is 13.1. The van der Waals surface area contributed by atoms with Crippen molar-refractivity contribution in [2.45, 2.75) is 255 Å². The SMILES string of the molecule is CCCCC/C=C\C/C=C\CCCCCCCCC(O)C(=O)NC(COC1OC(CO)C(O)C(O)C1O)C(O)C(O)CCCCCCCCCCCCCCCCC. The van der Waals surface area contributed by atoms with Gasteiger partial charge in [-0.25, -0.2) is 0 Å². The number of aliphatic hydroxyl groups excluding tert-OH is 7. The maximum absolute atomic E-state index is 13.1. The molecule has 1 aliphatic rings. The van der Waals surface area contributed by atoms with E-state index in [2.05, 4.69) is 43.5 Å². The second-order valence-corrected chi connectivity index (χ2v) is 16.8. The summed E-state index contributed by atoms with van der Waals surface area (Å²) in [5.74, 6) is -0.705. The van der Waals surface area contributed by atoms with Gasteiger partial charge in [0, 0.05) is 0 Å². The zero-order chi connectivity index (χ0) is 42.6. The summed E-state index contributed by atoms with van der Waals surface area (Å²) in [5, 5.41) is 75.7. The Hall–Kier alpha value is -1.41. The van der Waals surface area contributed by atoms with Crippen LogP contribution in [-0.2, 0) is 14.3 Å². The van der Waals surface area contributed by atoms with Gasteiger partial charge in [-0.3, -0.25) is 4.79 Å². The third-order valence-corrected chi connectivity index (χ3v) is 11.5. The minimum atomic E-state index is -1.66. The molecule has 1 aliphatic heterocycles. The topological polar surface area (TPSA) is 189 Å². The van der Waals surface area contributed by atoms with Gasteiger partial charge in [0.2, 0.25) is 5.91 Å². The highest BCUT2D eigenvalue weighted by Gasteiger charge is 2.44. The average molecular weight is 828 g/mol. The highest BCUT2D eigenvalue weighted by atomic mass is 16.7. The summed E-state index contributed by atoms with van der Waals surface area (Å²) in [7, 11) is 0. The van der Waals surface area contributed by atoms with E-state index in [1.807, 2.05) is 0 Å². The quantitative estimate of drug-likeness (QED) is 0.0224. The summed E-state index contributed by atoms with van der Waals surface area (Å²) in [5.41, 5.74) is 0. The first kappa shape index (κ1) is 54.6. The molecule has 1 saturated heterocycles. The fraction of sp³-hybridized carbons (Fsp3) is 0.894. The molecule has 0 spiro atoms. The van der Waals surface area contributed by atoms with Crippen molar-refractivity contribution in [1.82, 2.24) is 5.32 Å². The largest absolute Gasteiger partial charge is 0.394 e. The fourth-order valence-electron chi connectivity index (χ4n) is 7.53. The van der Waals surface area contributed by atoms with Crippen LogP contribution < -0.4 is 5.32 Å². The van der Waals surface area contributed by atoms with E-state index < -0.39 is 74.2 Å². The Morgan fingerprint density at radius 2 is 1.05 bits per heavy atom. The molecule has 58 heavy (non-hydrogen) atoms. The van der Waals surface area contributed by atoms with Gasteiger partial charge in [0.1, 0.15) is 36.6 Å². The van der Waals surface area contributed by atoms with Gasteiger partial charge in [0.05, 0.1) is 25.4 Å². The molecule has 342 valence electrons. The van der Waals surface area contributed by atoms with Crippen LogP contribution in [0.5, 0.6) is 0 Å². The van der Waals surface area contributed by atoms with E-state index in [1.54, 1.807) is 0 Å². The number of rotatable bonds is 39. The number of aliphatic hydroxyl groups is 7. The van der Waals surface area contributed by atoms with E-state index in [9.17, 15) is 40.5 Å². The van der Waals surface area contributed by atoms with Crippen molar-refractivity contribution in [3.05, 3.63) is 24.3 Å². The van der Waals surface area contributed by atoms with Gasteiger partial charge in [-0.1, -0.05) is 179 Å². The molecule has 0 bridgehead atoms. The van der Waals surface area contributed by atoms with Gasteiger partial charge in [-0.05, 0) is 44.9 Å². The van der Waals surface area contributed by atoms with Crippen LogP contribution in [0.2, 0.25) is 0 Å². The van der Waals surface area contributed by atoms with Crippen LogP contribution in [0.15, 0.2) is 24.3 Å². The van der Waals surface area contributed by atoms with Crippen LogP contribution in [-0.4, -0.2) is 110 Å². The molecule has 1 rings (SSSR count). The van der Waals surface area contributed by atoms with Gasteiger partial charge in [0.25, 0.3) is 0 Å². The van der Waals surface area contributed by atoms with Crippen LogP contribution in [0.1, 0.15) is 200 Å². The zero-order valence-corrected chi connectivity index (χ0v) is 36.8. The molecule has 0 saturated carbocycles. The summed E-state index contributed by atoms with van der Waals surface area (Å²) < 4.78 is 11.1. The summed E-state index contributed by atoms with van der Waals surface area (Å²) in [4.78, 5) is 13.1. The van der Waals surface area contributed by atoms with E-state index in [1.165, 1.54) is 96.3 Å². The summed E-state index contributed by atoms with van der Waals surface area (Å²) in [6.07, 6.45) is 29.3. The van der Waals surface area contributed by atoms with Gasteiger partial charge in [-0.15, -0.1) is 0 Å². The Bertz CT molecular complexity index is 997. The number of hydrogen-bond donors (Lipinski definition) is 8. The minimum Gasteiger partial charge on any atom is -0.394 e. The van der Waals surface area contributed by atoms with E-state index in [0.717, 1.165) is 64.2 Å². The first-order valence-electron chi connectivity index (χ1n) is 23.7. The van der Waals surface area contributed by atoms with Crippen molar-refractivity contribution in [1.29, 1.82) is 0 Å². The lowest BCUT2D eigenvalue weighted by molar-refractivity contribution is -0.303. The van der Waals surface area contributed by atoms with Crippen molar-refractivity contribution in [3.63, 3.8) is 0 Å². The Morgan fingerprint density at radius 3 is 1.57 bits per heavy atom. The third-order valence-electron chi connectivity index (χ3n) is 11.5. The van der Waals surface area contributed by atoms with Crippen molar-refractivity contribution in [3.8, 4) is 0 Å². The number of hydrogen-bond acceptors (Lipinski definition) is 10. The molecule has 8 N–H and O–H groups in total. The fourth-order valence-corrected chi connectivity index (χ4v) is 7.53. The number of unbranched alkanes of at least 4 members (excludes halogenated alkanes) is 23. The molecular weight excluding hydrogens is 739 g/mol. The lowest BCUT2D eigenvalue weighted by Crippen LogP contribution is -2.60. The van der Waals surface area contributed by atoms with Crippen LogP contribution in [0.3, 0.4) is 0 Å². The first-order valence-corrected chi connectivity index (χ1v) is 23.7. The van der Waals surface area contributed by atoms with Gasteiger partial charge < -0.3 is 50.5 Å². The molecule has 0 aromatic carbocycles. The van der Waals surface area contributed by atoms with Crippen LogP contribution in [0, 0.1) is 0 Å². The van der Waals surface area contributed by atoms with Gasteiger partial charge in [-0.2, -0.15) is 0 Å². The van der Waals surface area contributed by atoms with Crippen molar-refractivity contribution >= 4 is 5.91 Å². The van der Waals surface area contributed by atoms with Crippen LogP contribution in [0.4, 0.5) is 0 Å². The molecule has 0 radical (unpaired) electrons. The number of amides is 1. The molecule has 11 nitrogen and oxygen atoms in total. The van der Waals surface area contributed by atoms with Crippen LogP contribution in [0.25, 0.3) is 0 Å². The Labute approximate surface area is 353 Å². The van der Waals surface area contributed by atoms with E-state index in [-0.39, 0.29) is 6.42 Å². The number of carbonyl (C=O) groups excluding carboxylic acids is 1.